The van der Waals surface area contributed by atoms with Crippen LogP contribution in [0.15, 0.2) is 58.1 Å². The SMILES string of the molecule is CCOc1ccc(-n2c(SCc3nnc(CC)o3)nnc2-c2ccc(C(C)(C)C)cc2)cc1. The van der Waals surface area contributed by atoms with Gasteiger partial charge in [0.15, 0.2) is 11.0 Å². The Morgan fingerprint density at radius 1 is 0.879 bits per heavy atom. The van der Waals surface area contributed by atoms with Crippen LogP contribution < -0.4 is 4.74 Å². The summed E-state index contributed by atoms with van der Waals surface area (Å²) < 4.78 is 13.3. The maximum Gasteiger partial charge on any atom is 0.226 e. The molecule has 0 saturated carbocycles. The van der Waals surface area contributed by atoms with Gasteiger partial charge in [0.2, 0.25) is 11.8 Å². The van der Waals surface area contributed by atoms with Crippen molar-refractivity contribution in [2.24, 2.45) is 0 Å². The van der Waals surface area contributed by atoms with Crippen LogP contribution in [0.1, 0.15) is 52.0 Å². The second-order valence-corrected chi connectivity index (χ2v) is 9.57. The van der Waals surface area contributed by atoms with Crippen molar-refractivity contribution in [3.05, 3.63) is 65.9 Å². The van der Waals surface area contributed by atoms with Gasteiger partial charge < -0.3 is 9.15 Å². The van der Waals surface area contributed by atoms with E-state index in [0.717, 1.165) is 34.4 Å². The summed E-state index contributed by atoms with van der Waals surface area (Å²) in [4.78, 5) is 0. The highest BCUT2D eigenvalue weighted by Crippen LogP contribution is 2.31. The van der Waals surface area contributed by atoms with Gasteiger partial charge in [-0.1, -0.05) is 63.7 Å². The van der Waals surface area contributed by atoms with E-state index in [1.807, 2.05) is 38.1 Å². The molecule has 2 heterocycles. The highest BCUT2D eigenvalue weighted by atomic mass is 32.2. The zero-order valence-corrected chi connectivity index (χ0v) is 20.5. The Kier molecular flexibility index (Phi) is 6.83. The second kappa shape index (κ2) is 9.79. The largest absolute Gasteiger partial charge is 0.494 e. The molecule has 0 amide bonds. The fourth-order valence-electron chi connectivity index (χ4n) is 3.38. The fraction of sp³-hybridized carbons (Fsp3) is 0.360. The maximum absolute atomic E-state index is 5.66. The first-order valence-corrected chi connectivity index (χ1v) is 12.1. The van der Waals surface area contributed by atoms with Crippen molar-refractivity contribution in [1.82, 2.24) is 25.0 Å². The minimum absolute atomic E-state index is 0.0870. The molecule has 0 aliphatic carbocycles. The lowest BCUT2D eigenvalue weighted by Gasteiger charge is -2.19. The van der Waals surface area contributed by atoms with E-state index in [-0.39, 0.29) is 5.41 Å². The van der Waals surface area contributed by atoms with Crippen LogP contribution in [0.25, 0.3) is 17.1 Å². The lowest BCUT2D eigenvalue weighted by Crippen LogP contribution is -2.10. The van der Waals surface area contributed by atoms with E-state index in [2.05, 4.69) is 70.0 Å². The smallest absolute Gasteiger partial charge is 0.226 e. The molecule has 4 aromatic rings. The van der Waals surface area contributed by atoms with Crippen molar-refractivity contribution in [2.75, 3.05) is 6.61 Å². The molecule has 0 radical (unpaired) electrons. The molecule has 4 rings (SSSR count). The first-order valence-electron chi connectivity index (χ1n) is 11.1. The number of thioether (sulfide) groups is 1. The summed E-state index contributed by atoms with van der Waals surface area (Å²) in [5, 5.41) is 18.0. The van der Waals surface area contributed by atoms with Crippen LogP contribution >= 0.6 is 11.8 Å². The van der Waals surface area contributed by atoms with E-state index in [9.17, 15) is 0 Å². The van der Waals surface area contributed by atoms with Gasteiger partial charge >= 0.3 is 0 Å². The van der Waals surface area contributed by atoms with Crippen LogP contribution in [-0.2, 0) is 17.6 Å². The molecule has 0 spiro atoms. The normalized spacial score (nSPS) is 11.7. The highest BCUT2D eigenvalue weighted by Gasteiger charge is 2.19. The number of aromatic nitrogens is 5. The lowest BCUT2D eigenvalue weighted by atomic mass is 9.87. The third-order valence-electron chi connectivity index (χ3n) is 5.18. The van der Waals surface area contributed by atoms with E-state index in [0.29, 0.717) is 24.1 Å². The van der Waals surface area contributed by atoms with Crippen molar-refractivity contribution >= 4 is 11.8 Å². The second-order valence-electron chi connectivity index (χ2n) is 8.63. The molecule has 172 valence electrons. The topological polar surface area (TPSA) is 78.9 Å². The zero-order valence-electron chi connectivity index (χ0n) is 19.7. The van der Waals surface area contributed by atoms with E-state index in [1.165, 1.54) is 17.3 Å². The number of rotatable bonds is 8. The Morgan fingerprint density at radius 2 is 1.58 bits per heavy atom. The number of nitrogens with zero attached hydrogens (tertiary/aromatic N) is 5. The Hall–Kier alpha value is -3.13. The average Bonchev–Trinajstić information content (AvgIpc) is 3.45. The van der Waals surface area contributed by atoms with Gasteiger partial charge in [-0.25, -0.2) is 0 Å². The Balaban J connectivity index is 1.70. The molecule has 7 nitrogen and oxygen atoms in total. The number of hydrogen-bond donors (Lipinski definition) is 0. The molecular formula is C25H29N5O2S. The maximum atomic E-state index is 5.66. The molecule has 0 bridgehead atoms. The van der Waals surface area contributed by atoms with E-state index < -0.39 is 0 Å². The van der Waals surface area contributed by atoms with Gasteiger partial charge in [0, 0.05) is 17.7 Å². The zero-order chi connectivity index (χ0) is 23.4. The highest BCUT2D eigenvalue weighted by molar-refractivity contribution is 7.98. The summed E-state index contributed by atoms with van der Waals surface area (Å²) in [5.74, 6) is 3.34. The summed E-state index contributed by atoms with van der Waals surface area (Å²) in [5.41, 5.74) is 3.32. The molecule has 0 N–H and O–H groups in total. The molecule has 0 atom stereocenters. The number of ether oxygens (including phenoxy) is 1. The molecule has 2 aromatic heterocycles. The third kappa shape index (κ3) is 5.27. The molecule has 0 unspecified atom stereocenters. The predicted octanol–water partition coefficient (Wildman–Crippen LogP) is 5.87. The molecule has 0 aliphatic rings. The number of benzene rings is 2. The molecule has 33 heavy (non-hydrogen) atoms. The van der Waals surface area contributed by atoms with Crippen molar-refractivity contribution in [1.29, 1.82) is 0 Å². The van der Waals surface area contributed by atoms with Gasteiger partial charge in [-0.3, -0.25) is 4.57 Å². The van der Waals surface area contributed by atoms with Crippen LogP contribution in [0.5, 0.6) is 5.75 Å². The van der Waals surface area contributed by atoms with Crippen LogP contribution in [0.4, 0.5) is 0 Å². The van der Waals surface area contributed by atoms with Crippen molar-refractivity contribution in [3.8, 4) is 22.8 Å². The standard InChI is InChI=1S/C25H29N5O2S/c1-6-21-26-27-22(32-21)16-33-24-29-28-23(17-8-10-18(11-9-17)25(3,4)5)30(24)19-12-14-20(15-13-19)31-7-2/h8-15H,6-7,16H2,1-5H3. The van der Waals surface area contributed by atoms with Gasteiger partial charge in [-0.2, -0.15) is 0 Å². The Labute approximate surface area is 198 Å². The quantitative estimate of drug-likeness (QED) is 0.302. The molecule has 2 aromatic carbocycles. The Bertz CT molecular complexity index is 1190. The minimum Gasteiger partial charge on any atom is -0.494 e. The van der Waals surface area contributed by atoms with Gasteiger partial charge in [-0.15, -0.1) is 20.4 Å². The summed E-state index contributed by atoms with van der Waals surface area (Å²) in [6.45, 7) is 11.2. The van der Waals surface area contributed by atoms with Crippen molar-refractivity contribution < 1.29 is 9.15 Å². The molecular weight excluding hydrogens is 434 g/mol. The van der Waals surface area contributed by atoms with Gasteiger partial charge in [0.1, 0.15) is 5.75 Å². The van der Waals surface area contributed by atoms with E-state index >= 15 is 0 Å². The number of aryl methyl sites for hydroxylation is 1. The Morgan fingerprint density at radius 3 is 2.18 bits per heavy atom. The van der Waals surface area contributed by atoms with Crippen molar-refractivity contribution in [2.45, 2.75) is 57.4 Å². The molecule has 0 saturated heterocycles. The van der Waals surface area contributed by atoms with Crippen LogP contribution in [0.2, 0.25) is 0 Å². The molecule has 8 heteroatoms. The first-order chi connectivity index (χ1) is 15.9. The van der Waals surface area contributed by atoms with Crippen LogP contribution in [0, 0.1) is 0 Å². The fourth-order valence-corrected chi connectivity index (χ4v) is 4.17. The van der Waals surface area contributed by atoms with Gasteiger partial charge in [0.25, 0.3) is 0 Å². The molecule has 0 aliphatic heterocycles. The summed E-state index contributed by atoms with van der Waals surface area (Å²) >= 11 is 1.52. The third-order valence-corrected chi connectivity index (χ3v) is 6.10. The number of hydrogen-bond acceptors (Lipinski definition) is 7. The summed E-state index contributed by atoms with van der Waals surface area (Å²) in [6, 6.07) is 16.5. The van der Waals surface area contributed by atoms with E-state index in [1.54, 1.807) is 0 Å². The van der Waals surface area contributed by atoms with E-state index in [4.69, 9.17) is 9.15 Å². The summed E-state index contributed by atoms with van der Waals surface area (Å²) in [6.07, 6.45) is 0.717. The van der Waals surface area contributed by atoms with Gasteiger partial charge in [0.05, 0.1) is 12.4 Å². The average molecular weight is 464 g/mol. The van der Waals surface area contributed by atoms with Gasteiger partial charge in [-0.05, 0) is 42.2 Å². The summed E-state index contributed by atoms with van der Waals surface area (Å²) in [7, 11) is 0. The van der Waals surface area contributed by atoms with Crippen molar-refractivity contribution in [3.63, 3.8) is 0 Å². The monoisotopic (exact) mass is 463 g/mol. The predicted molar refractivity (Wildman–Crippen MR) is 130 cm³/mol. The first kappa shape index (κ1) is 23.0. The lowest BCUT2D eigenvalue weighted by molar-refractivity contribution is 0.340. The minimum atomic E-state index is 0.0870. The molecule has 0 fully saturated rings. The van der Waals surface area contributed by atoms with Crippen LogP contribution in [-0.4, -0.2) is 31.6 Å². The van der Waals surface area contributed by atoms with Crippen LogP contribution in [0.3, 0.4) is 0 Å².